The van der Waals surface area contributed by atoms with Crippen molar-refractivity contribution in [3.8, 4) is 22.3 Å². The van der Waals surface area contributed by atoms with Gasteiger partial charge < -0.3 is 0 Å². The molecule has 204 valence electrons. The van der Waals surface area contributed by atoms with E-state index in [9.17, 15) is 0 Å². The molecule has 0 amide bonds. The monoisotopic (exact) mass is 557 g/mol. The summed E-state index contributed by atoms with van der Waals surface area (Å²) in [4.78, 5) is 5.24. The van der Waals surface area contributed by atoms with E-state index >= 15 is 0 Å². The second kappa shape index (κ2) is 8.99. The van der Waals surface area contributed by atoms with E-state index in [4.69, 9.17) is 4.98 Å². The van der Waals surface area contributed by atoms with Gasteiger partial charge in [-0.1, -0.05) is 134 Å². The highest BCUT2D eigenvalue weighted by atomic mass is 14.7. The number of rotatable bonds is 2. The summed E-state index contributed by atoms with van der Waals surface area (Å²) in [5.41, 5.74) is 12.6. The number of pyridine rings is 1. The van der Waals surface area contributed by atoms with Gasteiger partial charge in [0.05, 0.1) is 11.0 Å². The third-order valence-electron chi connectivity index (χ3n) is 9.96. The summed E-state index contributed by atoms with van der Waals surface area (Å²) >= 11 is 0. The van der Waals surface area contributed by atoms with E-state index < -0.39 is 0 Å². The smallest absolute Gasteiger partial charge is 0.0722 e. The van der Waals surface area contributed by atoms with Crippen molar-refractivity contribution in [3.63, 3.8) is 0 Å². The molecule has 3 aliphatic carbocycles. The average molecular weight is 558 g/mol. The molecule has 44 heavy (non-hydrogen) atoms. The molecular weight excluding hydrogens is 530 g/mol. The molecule has 0 fully saturated rings. The van der Waals surface area contributed by atoms with E-state index in [1.807, 2.05) is 0 Å². The van der Waals surface area contributed by atoms with Gasteiger partial charge >= 0.3 is 0 Å². The lowest BCUT2D eigenvalue weighted by molar-refractivity contribution is 0.665. The maximum Gasteiger partial charge on any atom is 0.0722 e. The fraction of sp³-hybridized carbons (Fsp3) is 0.0465. The predicted octanol–water partition coefficient (Wildman–Crippen LogP) is 11.3. The van der Waals surface area contributed by atoms with Crippen LogP contribution in [0.3, 0.4) is 0 Å². The summed E-state index contributed by atoms with van der Waals surface area (Å²) in [5.74, 6) is 0.817. The number of aromatic nitrogens is 1. The van der Waals surface area contributed by atoms with Gasteiger partial charge in [-0.15, -0.1) is 0 Å². The Morgan fingerprint density at radius 2 is 1.30 bits per heavy atom. The molecule has 0 aliphatic heterocycles. The summed E-state index contributed by atoms with van der Waals surface area (Å²) in [6.45, 7) is 0. The van der Waals surface area contributed by atoms with Gasteiger partial charge in [0, 0.05) is 28.2 Å². The molecular formula is C43H27N. The Morgan fingerprint density at radius 1 is 0.568 bits per heavy atom. The Kier molecular flexibility index (Phi) is 4.90. The minimum Gasteiger partial charge on any atom is -0.248 e. The lowest BCUT2D eigenvalue weighted by Crippen LogP contribution is -2.20. The Balaban J connectivity index is 1.29. The van der Waals surface area contributed by atoms with Crippen molar-refractivity contribution in [1.82, 2.24) is 4.98 Å². The standard InChI is InChI=1S/C43H27N/c1-3-13-34-26(7-1)19-23-37-42(34)41(43-35-14-4-2-8-27(35)20-24-38(43)44-37)32-12-6-11-31(25-32)33-21-17-30-16-15-28-9-5-10-29-18-22-36(33)40(30)39(28)29/h1-25,28,39H. The van der Waals surface area contributed by atoms with Gasteiger partial charge in [-0.3, -0.25) is 0 Å². The van der Waals surface area contributed by atoms with Crippen molar-refractivity contribution in [2.24, 2.45) is 5.92 Å². The maximum atomic E-state index is 5.24. The first-order valence-corrected chi connectivity index (χ1v) is 15.5. The molecule has 2 unspecified atom stereocenters. The van der Waals surface area contributed by atoms with Crippen LogP contribution in [0.5, 0.6) is 0 Å². The minimum atomic E-state index is 0.397. The lowest BCUT2D eigenvalue weighted by Gasteiger charge is -2.35. The molecule has 1 aromatic heterocycles. The van der Waals surface area contributed by atoms with Gasteiger partial charge in [0.15, 0.2) is 0 Å². The fourth-order valence-corrected chi connectivity index (χ4v) is 8.01. The summed E-state index contributed by atoms with van der Waals surface area (Å²) < 4.78 is 0. The predicted molar refractivity (Wildman–Crippen MR) is 187 cm³/mol. The van der Waals surface area contributed by atoms with Crippen LogP contribution in [-0.4, -0.2) is 4.98 Å². The maximum absolute atomic E-state index is 5.24. The number of hydrogen-bond donors (Lipinski definition) is 0. The molecule has 3 aliphatic rings. The third kappa shape index (κ3) is 3.33. The summed E-state index contributed by atoms with van der Waals surface area (Å²) in [7, 11) is 0. The van der Waals surface area contributed by atoms with Gasteiger partial charge in [0.25, 0.3) is 0 Å². The van der Waals surface area contributed by atoms with Crippen LogP contribution in [0.15, 0.2) is 145 Å². The van der Waals surface area contributed by atoms with Crippen molar-refractivity contribution in [3.05, 3.63) is 162 Å². The SMILES string of the molecule is C1=CC2C=Cc3ccc(-c4cccc(-c5c6c(ccc7ccccc76)nc6ccc7ccccc7c56)c4)c4c3C2C(=C1)C=C4. The van der Waals surface area contributed by atoms with Crippen LogP contribution in [0.4, 0.5) is 0 Å². The molecule has 0 bridgehead atoms. The Morgan fingerprint density at radius 3 is 2.07 bits per heavy atom. The quantitative estimate of drug-likeness (QED) is 0.152. The van der Waals surface area contributed by atoms with E-state index in [2.05, 4.69) is 152 Å². The van der Waals surface area contributed by atoms with Crippen molar-refractivity contribution in [2.45, 2.75) is 5.92 Å². The van der Waals surface area contributed by atoms with Gasteiger partial charge in [-0.05, 0) is 78.7 Å². The zero-order chi connectivity index (χ0) is 28.8. The molecule has 0 radical (unpaired) electrons. The normalized spacial score (nSPS) is 17.9. The molecule has 1 heterocycles. The molecule has 7 aromatic rings. The highest BCUT2D eigenvalue weighted by Crippen LogP contribution is 2.50. The van der Waals surface area contributed by atoms with Crippen molar-refractivity contribution >= 4 is 55.5 Å². The van der Waals surface area contributed by atoms with Crippen molar-refractivity contribution in [2.75, 3.05) is 0 Å². The number of fused-ring (bicyclic) bond motifs is 6. The van der Waals surface area contributed by atoms with Crippen LogP contribution in [0.25, 0.3) is 77.8 Å². The molecule has 0 saturated heterocycles. The van der Waals surface area contributed by atoms with Crippen molar-refractivity contribution < 1.29 is 0 Å². The van der Waals surface area contributed by atoms with Crippen LogP contribution < -0.4 is 0 Å². The van der Waals surface area contributed by atoms with Crippen LogP contribution in [0.2, 0.25) is 0 Å². The number of nitrogens with zero attached hydrogens (tertiary/aromatic N) is 1. The number of allylic oxidation sites excluding steroid dienone is 6. The highest BCUT2D eigenvalue weighted by Gasteiger charge is 2.33. The third-order valence-corrected chi connectivity index (χ3v) is 9.96. The second-order valence-corrected chi connectivity index (χ2v) is 12.3. The Labute approximate surface area is 255 Å². The first-order chi connectivity index (χ1) is 21.8. The zero-order valence-corrected chi connectivity index (χ0v) is 24.0. The van der Waals surface area contributed by atoms with E-state index in [1.54, 1.807) is 0 Å². The molecule has 10 rings (SSSR count). The molecule has 0 N–H and O–H groups in total. The van der Waals surface area contributed by atoms with E-state index in [0.29, 0.717) is 11.8 Å². The first-order valence-electron chi connectivity index (χ1n) is 15.5. The number of hydrogen-bond acceptors (Lipinski definition) is 1. The average Bonchev–Trinajstić information content (AvgIpc) is 3.09. The van der Waals surface area contributed by atoms with Crippen molar-refractivity contribution in [1.29, 1.82) is 0 Å². The fourth-order valence-electron chi connectivity index (χ4n) is 8.01. The van der Waals surface area contributed by atoms with E-state index in [0.717, 1.165) is 11.0 Å². The van der Waals surface area contributed by atoms with Gasteiger partial charge in [-0.2, -0.15) is 0 Å². The zero-order valence-electron chi connectivity index (χ0n) is 24.0. The highest BCUT2D eigenvalue weighted by molar-refractivity contribution is 6.25. The molecule has 6 aromatic carbocycles. The summed E-state index contributed by atoms with van der Waals surface area (Å²) in [6, 6.07) is 40.1. The minimum absolute atomic E-state index is 0.397. The van der Waals surface area contributed by atoms with Crippen LogP contribution >= 0.6 is 0 Å². The van der Waals surface area contributed by atoms with E-state index in [-0.39, 0.29) is 0 Å². The second-order valence-electron chi connectivity index (χ2n) is 12.3. The number of benzene rings is 6. The summed E-state index contributed by atoms with van der Waals surface area (Å²) in [5, 5.41) is 7.37. The molecule has 0 spiro atoms. The van der Waals surface area contributed by atoms with Gasteiger partial charge in [-0.25, -0.2) is 4.98 Å². The topological polar surface area (TPSA) is 12.9 Å². The lowest BCUT2D eigenvalue weighted by atomic mass is 9.68. The van der Waals surface area contributed by atoms with Crippen LogP contribution in [0, 0.1) is 5.92 Å². The largest absolute Gasteiger partial charge is 0.248 e. The molecule has 1 nitrogen and oxygen atoms in total. The Bertz CT molecular complexity index is 2410. The Hall–Kier alpha value is -5.53. The summed E-state index contributed by atoms with van der Waals surface area (Å²) in [6.07, 6.45) is 16.2. The molecule has 0 saturated carbocycles. The molecule has 1 heteroatoms. The van der Waals surface area contributed by atoms with Crippen LogP contribution in [0.1, 0.15) is 22.6 Å². The van der Waals surface area contributed by atoms with Crippen LogP contribution in [-0.2, 0) is 0 Å². The van der Waals surface area contributed by atoms with E-state index in [1.165, 1.54) is 76.8 Å². The molecule has 2 atom stereocenters. The van der Waals surface area contributed by atoms with Gasteiger partial charge in [0.1, 0.15) is 0 Å². The van der Waals surface area contributed by atoms with Gasteiger partial charge in [0.2, 0.25) is 0 Å². The first kappa shape index (κ1) is 24.0.